The van der Waals surface area contributed by atoms with Crippen LogP contribution in [-0.4, -0.2) is 22.3 Å². The lowest BCUT2D eigenvalue weighted by Gasteiger charge is -2.59. The molecule has 4 aliphatic carbocycles. The van der Waals surface area contributed by atoms with Gasteiger partial charge in [0, 0.05) is 11.8 Å². The van der Waals surface area contributed by atoms with E-state index in [1.165, 1.54) is 5.57 Å². The summed E-state index contributed by atoms with van der Waals surface area (Å²) in [5, 5.41) is 11.2. The van der Waals surface area contributed by atoms with Crippen molar-refractivity contribution in [2.45, 2.75) is 71.3 Å². The van der Waals surface area contributed by atoms with E-state index in [2.05, 4.69) is 20.4 Å². The van der Waals surface area contributed by atoms with Crippen molar-refractivity contribution in [2.24, 2.45) is 28.6 Å². The molecular weight excluding hydrogens is 312 g/mol. The van der Waals surface area contributed by atoms with Gasteiger partial charge in [-0.25, -0.2) is 0 Å². The first kappa shape index (κ1) is 17.2. The van der Waals surface area contributed by atoms with Gasteiger partial charge in [-0.2, -0.15) is 0 Å². The van der Waals surface area contributed by atoms with Crippen LogP contribution >= 0.6 is 0 Å². The monoisotopic (exact) mass is 342 g/mol. The number of allylic oxidation sites excluding steroid dienone is 2. The lowest BCUT2D eigenvalue weighted by molar-refractivity contribution is -0.159. The second-order valence-electron chi connectivity index (χ2n) is 9.54. The predicted molar refractivity (Wildman–Crippen MR) is 96.9 cm³/mol. The van der Waals surface area contributed by atoms with Crippen LogP contribution in [0.15, 0.2) is 23.8 Å². The molecule has 0 aromatic heterocycles. The Bertz CT molecular complexity index is 704. The zero-order chi connectivity index (χ0) is 18.2. The molecule has 0 aromatic rings. The zero-order valence-corrected chi connectivity index (χ0v) is 15.7. The number of carbonyl (C=O) groups is 2. The minimum Gasteiger partial charge on any atom is -0.382 e. The molecule has 0 bridgehead atoms. The minimum atomic E-state index is -1.16. The molecule has 0 saturated heterocycles. The van der Waals surface area contributed by atoms with Crippen molar-refractivity contribution in [3.05, 3.63) is 23.8 Å². The van der Waals surface area contributed by atoms with Gasteiger partial charge in [0.15, 0.2) is 11.6 Å². The third kappa shape index (κ3) is 2.02. The molecule has 0 aliphatic heterocycles. The molecule has 0 unspecified atom stereocenters. The highest BCUT2D eigenvalue weighted by molar-refractivity contribution is 5.92. The van der Waals surface area contributed by atoms with Gasteiger partial charge in [0.05, 0.1) is 0 Å². The SMILES string of the molecule is C=C1C[C@@H]2[C@@H](CC[C@@]3(C)[C@H]2CC[C@@]3(O)C(C)=O)[C@]2(C)CCC(=O)C=C12. The summed E-state index contributed by atoms with van der Waals surface area (Å²) in [4.78, 5) is 24.2. The summed E-state index contributed by atoms with van der Waals surface area (Å²) in [6, 6.07) is 0. The number of hydrogen-bond acceptors (Lipinski definition) is 3. The highest BCUT2D eigenvalue weighted by atomic mass is 16.3. The largest absolute Gasteiger partial charge is 0.382 e. The normalized spacial score (nSPS) is 49.1. The van der Waals surface area contributed by atoms with E-state index in [1.54, 1.807) is 6.92 Å². The molecule has 0 amide bonds. The molecule has 4 aliphatic rings. The molecular formula is C22H30O3. The van der Waals surface area contributed by atoms with E-state index < -0.39 is 5.60 Å². The first-order valence-corrected chi connectivity index (χ1v) is 9.80. The fourth-order valence-corrected chi connectivity index (χ4v) is 7.16. The second-order valence-corrected chi connectivity index (χ2v) is 9.54. The van der Waals surface area contributed by atoms with Crippen molar-refractivity contribution in [3.63, 3.8) is 0 Å². The Morgan fingerprint density at radius 3 is 2.56 bits per heavy atom. The highest BCUT2D eigenvalue weighted by Gasteiger charge is 2.65. The van der Waals surface area contributed by atoms with Crippen LogP contribution in [0.25, 0.3) is 0 Å². The standard InChI is InChI=1S/C22H30O3/c1-13-11-16-17(20(3)8-5-15(24)12-19(13)20)6-9-21(4)18(16)7-10-22(21,25)14(2)23/h12,16-18,25H,1,5-11H2,2-4H3/t16-,17-,18+,20+,21+,22-/m1/s1. The number of Topliss-reactive ketones (excluding diaryl/α,β-unsaturated/α-hetero) is 1. The van der Waals surface area contributed by atoms with E-state index in [0.29, 0.717) is 30.6 Å². The third-order valence-corrected chi connectivity index (χ3v) is 8.66. The maximum atomic E-state index is 12.3. The summed E-state index contributed by atoms with van der Waals surface area (Å²) in [5.41, 5.74) is 0.852. The first-order chi connectivity index (χ1) is 11.6. The Labute approximate surface area is 150 Å². The van der Waals surface area contributed by atoms with Gasteiger partial charge in [-0.3, -0.25) is 9.59 Å². The van der Waals surface area contributed by atoms with Crippen molar-refractivity contribution in [2.75, 3.05) is 0 Å². The maximum absolute atomic E-state index is 12.3. The topological polar surface area (TPSA) is 54.4 Å². The average molecular weight is 342 g/mol. The summed E-state index contributed by atoms with van der Waals surface area (Å²) in [6.07, 6.45) is 7.77. The molecule has 136 valence electrons. The molecule has 3 fully saturated rings. The number of fused-ring (bicyclic) bond motifs is 5. The van der Waals surface area contributed by atoms with Gasteiger partial charge in [-0.1, -0.05) is 26.0 Å². The fraction of sp³-hybridized carbons (Fsp3) is 0.727. The fourth-order valence-electron chi connectivity index (χ4n) is 7.16. The van der Waals surface area contributed by atoms with Crippen LogP contribution in [0, 0.1) is 28.6 Å². The summed E-state index contributed by atoms with van der Waals surface area (Å²) in [6.45, 7) is 10.3. The van der Waals surface area contributed by atoms with Gasteiger partial charge in [0.25, 0.3) is 0 Å². The molecule has 1 N–H and O–H groups in total. The summed E-state index contributed by atoms with van der Waals surface area (Å²) in [7, 11) is 0. The van der Waals surface area contributed by atoms with Gasteiger partial charge >= 0.3 is 0 Å². The Morgan fingerprint density at radius 1 is 1.20 bits per heavy atom. The number of aliphatic hydroxyl groups is 1. The van der Waals surface area contributed by atoms with Gasteiger partial charge in [0.1, 0.15) is 5.60 Å². The molecule has 3 heteroatoms. The quantitative estimate of drug-likeness (QED) is 0.783. The molecule has 0 heterocycles. The molecule has 0 spiro atoms. The number of rotatable bonds is 1. The Kier molecular flexibility index (Phi) is 3.55. The van der Waals surface area contributed by atoms with Crippen molar-refractivity contribution in [1.82, 2.24) is 0 Å². The minimum absolute atomic E-state index is 0.0339. The van der Waals surface area contributed by atoms with Crippen LogP contribution in [0.1, 0.15) is 65.7 Å². The molecule has 3 nitrogen and oxygen atoms in total. The van der Waals surface area contributed by atoms with E-state index in [4.69, 9.17) is 0 Å². The van der Waals surface area contributed by atoms with Gasteiger partial charge < -0.3 is 5.11 Å². The molecule has 0 radical (unpaired) electrons. The maximum Gasteiger partial charge on any atom is 0.161 e. The van der Waals surface area contributed by atoms with Crippen molar-refractivity contribution in [3.8, 4) is 0 Å². The second kappa shape index (κ2) is 5.16. The Balaban J connectivity index is 1.75. The van der Waals surface area contributed by atoms with E-state index >= 15 is 0 Å². The number of hydrogen-bond donors (Lipinski definition) is 1. The van der Waals surface area contributed by atoms with Crippen molar-refractivity contribution < 1.29 is 14.7 Å². The van der Waals surface area contributed by atoms with Gasteiger partial charge in [0.2, 0.25) is 0 Å². The summed E-state index contributed by atoms with van der Waals surface area (Å²) >= 11 is 0. The van der Waals surface area contributed by atoms with E-state index in [1.807, 2.05) is 6.08 Å². The molecule has 4 rings (SSSR count). The van der Waals surface area contributed by atoms with E-state index in [9.17, 15) is 14.7 Å². The Morgan fingerprint density at radius 2 is 1.88 bits per heavy atom. The van der Waals surface area contributed by atoms with Crippen LogP contribution in [0.2, 0.25) is 0 Å². The van der Waals surface area contributed by atoms with Crippen LogP contribution in [0.4, 0.5) is 0 Å². The van der Waals surface area contributed by atoms with E-state index in [0.717, 1.165) is 37.7 Å². The lowest BCUT2D eigenvalue weighted by atomic mass is 9.45. The van der Waals surface area contributed by atoms with Gasteiger partial charge in [-0.05, 0) is 80.3 Å². The number of ketones is 2. The van der Waals surface area contributed by atoms with Crippen LogP contribution in [0.3, 0.4) is 0 Å². The predicted octanol–water partition coefficient (Wildman–Crippen LogP) is 4.00. The first-order valence-electron chi connectivity index (χ1n) is 9.80. The molecule has 3 saturated carbocycles. The van der Waals surface area contributed by atoms with Crippen LogP contribution < -0.4 is 0 Å². The molecule has 25 heavy (non-hydrogen) atoms. The summed E-state index contributed by atoms with van der Waals surface area (Å²) in [5.74, 6) is 1.54. The van der Waals surface area contributed by atoms with E-state index in [-0.39, 0.29) is 22.4 Å². The lowest BCUT2D eigenvalue weighted by Crippen LogP contribution is -2.57. The zero-order valence-electron chi connectivity index (χ0n) is 15.7. The van der Waals surface area contributed by atoms with Crippen molar-refractivity contribution in [1.29, 1.82) is 0 Å². The molecule has 6 atom stereocenters. The smallest absolute Gasteiger partial charge is 0.161 e. The number of carbonyl (C=O) groups excluding carboxylic acids is 2. The third-order valence-electron chi connectivity index (χ3n) is 8.66. The van der Waals surface area contributed by atoms with Crippen molar-refractivity contribution >= 4 is 11.6 Å². The van der Waals surface area contributed by atoms with Gasteiger partial charge in [-0.15, -0.1) is 0 Å². The van der Waals surface area contributed by atoms with Crippen LogP contribution in [-0.2, 0) is 9.59 Å². The summed E-state index contributed by atoms with van der Waals surface area (Å²) < 4.78 is 0. The highest BCUT2D eigenvalue weighted by Crippen LogP contribution is 2.68. The Hall–Kier alpha value is -1.22. The van der Waals surface area contributed by atoms with Crippen LogP contribution in [0.5, 0.6) is 0 Å². The average Bonchev–Trinajstić information content (AvgIpc) is 2.83. The molecule has 0 aromatic carbocycles.